The van der Waals surface area contributed by atoms with Crippen LogP contribution in [0.1, 0.15) is 102 Å². The minimum atomic E-state index is -1.93. The van der Waals surface area contributed by atoms with Crippen molar-refractivity contribution >= 4 is 100 Å². The van der Waals surface area contributed by atoms with Gasteiger partial charge >= 0.3 is 18.2 Å². The number of likely N-dealkylation sites (N-methyl/N-ethyl adjacent to an activating group) is 1. The van der Waals surface area contributed by atoms with Crippen LogP contribution >= 0.6 is 23.4 Å². The van der Waals surface area contributed by atoms with Crippen LogP contribution in [0.3, 0.4) is 0 Å². The molecule has 1 saturated carbocycles. The molecule has 6 aliphatic rings. The maximum atomic E-state index is 14.5. The summed E-state index contributed by atoms with van der Waals surface area (Å²) in [5, 5.41) is 24.2. The Morgan fingerprint density at radius 2 is 1.58 bits per heavy atom. The van der Waals surface area contributed by atoms with Gasteiger partial charge in [0.05, 0.1) is 75.9 Å². The normalized spacial score (nSPS) is 25.9. The fourth-order valence-electron chi connectivity index (χ4n) is 14.3. The van der Waals surface area contributed by atoms with Crippen LogP contribution in [-0.2, 0) is 92.3 Å². The molecule has 5 unspecified atom stereocenters. The average Bonchev–Trinajstić information content (AvgIpc) is 1.58. The zero-order chi connectivity index (χ0) is 79.0. The molecule has 31 nitrogen and oxygen atoms in total. The van der Waals surface area contributed by atoms with Gasteiger partial charge in [0.1, 0.15) is 65.2 Å². The van der Waals surface area contributed by atoms with E-state index in [-0.39, 0.29) is 94.9 Å². The van der Waals surface area contributed by atoms with E-state index in [0.29, 0.717) is 31.1 Å². The number of alkyl carbamates (subject to hydrolysis) is 1. The molecule has 33 heteroatoms. The van der Waals surface area contributed by atoms with E-state index in [1.165, 1.54) is 45.0 Å². The maximum absolute atomic E-state index is 14.5. The van der Waals surface area contributed by atoms with Crippen molar-refractivity contribution in [2.75, 3.05) is 105 Å². The number of methoxy groups -OCH3 is 3. The van der Waals surface area contributed by atoms with Crippen LogP contribution in [-0.4, -0.2) is 252 Å². The van der Waals surface area contributed by atoms with Gasteiger partial charge in [0.15, 0.2) is 11.5 Å². The van der Waals surface area contributed by atoms with Gasteiger partial charge in [0.2, 0.25) is 41.4 Å². The van der Waals surface area contributed by atoms with Crippen LogP contribution in [0, 0.1) is 11.8 Å². The topological polar surface area (TPSA) is 407 Å². The van der Waals surface area contributed by atoms with E-state index in [2.05, 4.69) is 26.6 Å². The summed E-state index contributed by atoms with van der Waals surface area (Å²) in [6.45, 7) is 7.38. The summed E-state index contributed by atoms with van der Waals surface area (Å²) in [5.41, 5.74) is 8.14. The lowest BCUT2D eigenvalue weighted by atomic mass is 9.83. The third-order valence-electron chi connectivity index (χ3n) is 20.6. The standard InChI is InChI=1S/C76H98ClN9O22S/c1-42-15-14-20-60(102-9)76(99)39-58(106-73(97)83-76)43(2)69-75(4,108-69)61(38-66(92)85(6)54-32-45(31-42)33-57(101-8)67(54)77)107-72(96)44(3)84(5)65(91)22-30-109-59-37-56(87)51(68(59)93)35-64(90)82-53(36-62(78)88)70(94)79-23-26-103-25-21-63(89)81-46-34-55(71(95)80-24-27-104-29-28-100-7)86(40-46)74(98)105-41-52-49-18-12-10-16-47(49)48-17-11-13-19-50(48)52/h10-20,32-33,43-44,46,51-53,55,58-61,69,99H,21-31,34-41H2,1-9H3,(H2,78,88)(H,79,94)(H,80,95)(H,81,89)(H,82,90)(H,83,97)/b20-14+,42-15+/t43-,44+,46?,51?,53?,55?,58+,59?,60-,61+,69+,75+,76+/m1/s1. The molecular formula is C76H98ClN9O22S. The number of ether oxygens (including phenoxy) is 9. The van der Waals surface area contributed by atoms with E-state index in [1.807, 2.05) is 61.5 Å². The first-order chi connectivity index (χ1) is 52.0. The smallest absolute Gasteiger partial charge is 0.410 e. The third-order valence-corrected chi connectivity index (χ3v) is 22.2. The van der Waals surface area contributed by atoms with E-state index in [9.17, 15) is 62.6 Å². The van der Waals surface area contributed by atoms with Crippen molar-refractivity contribution in [2.24, 2.45) is 17.6 Å². The fourth-order valence-corrected chi connectivity index (χ4v) is 15.8. The second-order valence-corrected chi connectivity index (χ2v) is 29.8. The van der Waals surface area contributed by atoms with Crippen molar-refractivity contribution in [3.8, 4) is 16.9 Å². The Morgan fingerprint density at radius 3 is 2.26 bits per heavy atom. The van der Waals surface area contributed by atoms with Gasteiger partial charge in [-0.3, -0.25) is 53.4 Å². The number of ketones is 2. The van der Waals surface area contributed by atoms with Gasteiger partial charge in [0, 0.05) is 104 Å². The van der Waals surface area contributed by atoms with E-state index in [4.69, 9.17) is 60.0 Å². The van der Waals surface area contributed by atoms with Gasteiger partial charge in [-0.2, -0.15) is 0 Å². The number of esters is 1. The van der Waals surface area contributed by atoms with Crippen molar-refractivity contribution < 1.29 is 105 Å². The van der Waals surface area contributed by atoms with Crippen molar-refractivity contribution in [1.29, 1.82) is 0 Å². The van der Waals surface area contributed by atoms with Crippen molar-refractivity contribution in [2.45, 2.75) is 157 Å². The number of carbonyl (C=O) groups excluding carboxylic acids is 12. The summed E-state index contributed by atoms with van der Waals surface area (Å²) in [4.78, 5) is 166. The number of thioether (sulfide) groups is 1. The second kappa shape index (κ2) is 38.1. The van der Waals surface area contributed by atoms with Crippen LogP contribution in [0.25, 0.3) is 11.1 Å². The highest BCUT2D eigenvalue weighted by atomic mass is 35.5. The monoisotopic (exact) mass is 1560 g/mol. The summed E-state index contributed by atoms with van der Waals surface area (Å²) in [5.74, 6) is -8.71. The number of nitrogens with zero attached hydrogens (tertiary/aromatic N) is 3. The van der Waals surface area contributed by atoms with Gasteiger partial charge in [-0.1, -0.05) is 90.9 Å². The zero-order valence-electron chi connectivity index (χ0n) is 62.6. The second-order valence-electron chi connectivity index (χ2n) is 28.2. The third kappa shape index (κ3) is 21.1. The Labute approximate surface area is 641 Å². The molecule has 3 saturated heterocycles. The number of allylic oxidation sites excluding steroid dienone is 3. The largest absolute Gasteiger partial charge is 0.495 e. The number of nitrogens with one attached hydrogen (secondary N) is 5. The lowest BCUT2D eigenvalue weighted by molar-refractivity contribution is -0.162. The van der Waals surface area contributed by atoms with Gasteiger partial charge in [-0.15, -0.1) is 11.8 Å². The SMILES string of the molecule is COCCOCCNC(=O)C1CC(NC(=O)CCOCCNC(=O)C(CC(N)=O)NC(=O)CC2C(=O)CC(SCCC(=O)N(C)[C@@H](C)C(=O)O[C@H]3CC(=O)N(C)c4cc(cc(OC)c4Cl)C/C(C)=C/C=C/[C@@H](OC)[C@@]4(O)C[C@H](OC(=O)N4)[C@@H](C)[C@@H]4O[C@@]34C)C2=O)CN1C(=O)OCC1c2ccccc2-c2ccccc21. The fraction of sp³-hybridized carbons (Fsp3) is 0.553. The van der Waals surface area contributed by atoms with E-state index >= 15 is 0 Å². The van der Waals surface area contributed by atoms with Gasteiger partial charge in [-0.25, -0.2) is 14.4 Å². The molecule has 8 N–H and O–H groups in total. The lowest BCUT2D eigenvalue weighted by Gasteiger charge is -2.42. The number of hydrogen-bond acceptors (Lipinski definition) is 23. The first-order valence-electron chi connectivity index (χ1n) is 36.2. The number of amides is 9. The molecule has 0 radical (unpaired) electrons. The number of epoxide rings is 1. The molecule has 4 heterocycles. The zero-order valence-corrected chi connectivity index (χ0v) is 64.2. The molecule has 4 aliphatic heterocycles. The Balaban J connectivity index is 0.722. The van der Waals surface area contributed by atoms with Crippen LogP contribution < -0.4 is 42.0 Å². The minimum absolute atomic E-state index is 0.00497. The van der Waals surface area contributed by atoms with Crippen molar-refractivity contribution in [3.63, 3.8) is 0 Å². The number of primary amides is 1. The number of benzene rings is 3. The maximum Gasteiger partial charge on any atom is 0.410 e. The number of likely N-dealkylation sites (tertiary alicyclic amines) is 1. The lowest BCUT2D eigenvalue weighted by Crippen LogP contribution is -2.63. The summed E-state index contributed by atoms with van der Waals surface area (Å²) in [6.07, 6.45) is -2.69. The quantitative estimate of drug-likeness (QED) is 0.0159. The van der Waals surface area contributed by atoms with Crippen LogP contribution in [0.15, 0.2) is 84.5 Å². The number of aliphatic hydroxyl groups is 1. The predicted octanol–water partition coefficient (Wildman–Crippen LogP) is 3.73. The van der Waals surface area contributed by atoms with Crippen molar-refractivity contribution in [3.05, 3.63) is 106 Å². The highest BCUT2D eigenvalue weighted by Gasteiger charge is 2.65. The molecular weight excluding hydrogens is 1460 g/mol. The predicted molar refractivity (Wildman–Crippen MR) is 397 cm³/mol. The number of halogens is 1. The van der Waals surface area contributed by atoms with E-state index < -0.39 is 167 Å². The number of anilines is 1. The van der Waals surface area contributed by atoms with Crippen LogP contribution in [0.4, 0.5) is 15.3 Å². The van der Waals surface area contributed by atoms with E-state index in [1.54, 1.807) is 45.2 Å². The highest BCUT2D eigenvalue weighted by molar-refractivity contribution is 8.00. The average molecular weight is 1560 g/mol. The van der Waals surface area contributed by atoms with E-state index in [0.717, 1.165) is 50.1 Å². The van der Waals surface area contributed by atoms with Crippen LogP contribution in [0.5, 0.6) is 5.75 Å². The molecule has 109 heavy (non-hydrogen) atoms. The number of nitrogens with two attached hydrogens (primary N) is 1. The molecule has 3 aromatic rings. The first-order valence-corrected chi connectivity index (χ1v) is 37.6. The summed E-state index contributed by atoms with van der Waals surface area (Å²) >= 11 is 7.85. The number of Topliss-reactive ketones (excluding diaryl/α,β-unsaturated/α-hetero) is 2. The molecule has 2 aliphatic carbocycles. The minimum Gasteiger partial charge on any atom is -0.495 e. The summed E-state index contributed by atoms with van der Waals surface area (Å²) < 4.78 is 51.5. The highest BCUT2D eigenvalue weighted by Crippen LogP contribution is 2.50. The molecule has 4 bridgehead atoms. The number of carbonyl (C=O) groups is 12. The molecule has 0 aromatic heterocycles. The Bertz CT molecular complexity index is 3910. The van der Waals surface area contributed by atoms with Crippen LogP contribution in [0.2, 0.25) is 5.02 Å². The Kier molecular flexibility index (Phi) is 29.3. The molecule has 592 valence electrons. The number of fused-ring (bicyclic) bond motifs is 8. The van der Waals surface area contributed by atoms with Gasteiger partial charge in [0.25, 0.3) is 0 Å². The summed E-state index contributed by atoms with van der Waals surface area (Å²) in [7, 11) is 7.25. The Morgan fingerprint density at radius 1 is 0.890 bits per heavy atom. The molecule has 3 aromatic carbocycles. The van der Waals surface area contributed by atoms with Crippen molar-refractivity contribution in [1.82, 2.24) is 36.4 Å². The molecule has 9 rings (SSSR count). The van der Waals surface area contributed by atoms with Gasteiger partial charge < -0.3 is 84.5 Å². The molecule has 4 fully saturated rings. The molecule has 9 amide bonds. The van der Waals surface area contributed by atoms with Gasteiger partial charge in [-0.05, 0) is 73.6 Å². The Hall–Kier alpha value is -9.02. The molecule has 0 spiro atoms. The molecule has 13 atom stereocenters. The first kappa shape index (κ1) is 84.0. The number of hydrogen-bond donors (Lipinski definition) is 7. The summed E-state index contributed by atoms with van der Waals surface area (Å²) in [6, 6.07) is 14.9. The number of rotatable bonds is 31.